The molecular weight excluding hydrogens is 360 g/mol. The summed E-state index contributed by atoms with van der Waals surface area (Å²) in [5, 5.41) is 33.2. The average Bonchev–Trinajstić information content (AvgIpc) is 2.92. The highest BCUT2D eigenvalue weighted by Gasteiger charge is 2.68. The molecule has 4 aliphatic carbocycles. The van der Waals surface area contributed by atoms with Gasteiger partial charge >= 0.3 is 5.97 Å². The molecule has 4 aliphatic rings. The van der Waals surface area contributed by atoms with Gasteiger partial charge in [-0.15, -0.1) is 0 Å². The van der Waals surface area contributed by atoms with E-state index in [1.54, 1.807) is 12.2 Å². The Morgan fingerprint density at radius 3 is 2.71 bits per heavy atom. The lowest BCUT2D eigenvalue weighted by atomic mass is 9.46. The molecule has 0 aromatic heterocycles. The number of carbonyl (C=O) groups is 2. The molecule has 3 unspecified atom stereocenters. The summed E-state index contributed by atoms with van der Waals surface area (Å²) in [6, 6.07) is 0. The highest BCUT2D eigenvalue weighted by molar-refractivity contribution is 6.01. The molecule has 4 rings (SSSR count). The third kappa shape index (κ3) is 2.37. The molecule has 0 aromatic carbocycles. The first-order valence-electron chi connectivity index (χ1n) is 10.2. The second-order valence-electron chi connectivity index (χ2n) is 9.60. The Labute approximate surface area is 165 Å². The lowest BCUT2D eigenvalue weighted by molar-refractivity contribution is -0.209. The Bertz CT molecular complexity index is 771. The molecule has 3 fully saturated rings. The summed E-state index contributed by atoms with van der Waals surface area (Å²) in [6.07, 6.45) is 5.82. The molecule has 0 bridgehead atoms. The van der Waals surface area contributed by atoms with Crippen molar-refractivity contribution in [3.05, 3.63) is 23.8 Å². The molecule has 0 aromatic rings. The second-order valence-corrected chi connectivity index (χ2v) is 9.60. The SMILES string of the molecule is COC(=O)[C@H](O)[C@@]1(O)CCC2C3CCC4=CC(=O)C=C[C@]4(C)C3[C@@H](O)C[C@@]21C. The van der Waals surface area contributed by atoms with Crippen LogP contribution in [0.25, 0.3) is 0 Å². The molecule has 28 heavy (non-hydrogen) atoms. The van der Waals surface area contributed by atoms with Gasteiger partial charge in [-0.2, -0.15) is 0 Å². The van der Waals surface area contributed by atoms with E-state index in [2.05, 4.69) is 11.7 Å². The molecule has 6 nitrogen and oxygen atoms in total. The summed E-state index contributed by atoms with van der Waals surface area (Å²) >= 11 is 0. The zero-order valence-corrected chi connectivity index (χ0v) is 16.7. The summed E-state index contributed by atoms with van der Waals surface area (Å²) in [6.45, 7) is 3.99. The highest BCUT2D eigenvalue weighted by Crippen LogP contribution is 2.67. The van der Waals surface area contributed by atoms with Crippen LogP contribution in [0.5, 0.6) is 0 Å². The first kappa shape index (κ1) is 19.8. The number of aliphatic hydroxyl groups excluding tert-OH is 2. The fourth-order valence-electron chi connectivity index (χ4n) is 7.12. The van der Waals surface area contributed by atoms with Gasteiger partial charge in [-0.05, 0) is 56.1 Å². The van der Waals surface area contributed by atoms with E-state index in [-0.39, 0.29) is 29.0 Å². The molecule has 0 radical (unpaired) electrons. The molecular formula is C22H30O6. The van der Waals surface area contributed by atoms with Crippen LogP contribution in [0.3, 0.4) is 0 Å². The maximum absolute atomic E-state index is 12.0. The van der Waals surface area contributed by atoms with Gasteiger partial charge in [0, 0.05) is 16.7 Å². The standard InChI is InChI=1S/C22H30O6/c1-20-8-6-13(23)10-12(20)4-5-14-15-7-9-22(27,18(25)19(26)28-3)21(15,2)11-16(24)17(14)20/h6,8,10,14-18,24-25,27H,4-5,7,9,11H2,1-3H3/t14?,15?,16-,17?,18-,20-,21-,22-/m0/s1. The van der Waals surface area contributed by atoms with Crippen LogP contribution < -0.4 is 0 Å². The maximum atomic E-state index is 12.0. The minimum Gasteiger partial charge on any atom is -0.467 e. The van der Waals surface area contributed by atoms with Gasteiger partial charge < -0.3 is 20.1 Å². The van der Waals surface area contributed by atoms with E-state index in [1.807, 2.05) is 13.0 Å². The average molecular weight is 390 g/mol. The third-order valence-electron chi connectivity index (χ3n) is 8.59. The van der Waals surface area contributed by atoms with E-state index in [4.69, 9.17) is 0 Å². The number of rotatable bonds is 2. The van der Waals surface area contributed by atoms with Crippen molar-refractivity contribution in [1.29, 1.82) is 0 Å². The Balaban J connectivity index is 1.72. The lowest BCUT2D eigenvalue weighted by Crippen LogP contribution is -2.63. The molecule has 8 atom stereocenters. The third-order valence-corrected chi connectivity index (χ3v) is 8.59. The number of hydrogen-bond donors (Lipinski definition) is 3. The molecule has 0 amide bonds. The molecule has 0 heterocycles. The van der Waals surface area contributed by atoms with Gasteiger partial charge in [0.05, 0.1) is 13.2 Å². The van der Waals surface area contributed by atoms with E-state index in [0.29, 0.717) is 19.3 Å². The number of ether oxygens (including phenoxy) is 1. The quantitative estimate of drug-likeness (QED) is 0.618. The summed E-state index contributed by atoms with van der Waals surface area (Å²) < 4.78 is 4.68. The van der Waals surface area contributed by atoms with Crippen LogP contribution in [0.2, 0.25) is 0 Å². The highest BCUT2D eigenvalue weighted by atomic mass is 16.5. The number of methoxy groups -OCH3 is 1. The Morgan fingerprint density at radius 2 is 2.04 bits per heavy atom. The van der Waals surface area contributed by atoms with Crippen molar-refractivity contribution in [2.45, 2.75) is 63.8 Å². The van der Waals surface area contributed by atoms with Crippen molar-refractivity contribution >= 4 is 11.8 Å². The van der Waals surface area contributed by atoms with Crippen LogP contribution in [0, 0.1) is 28.6 Å². The normalized spacial score (nSPS) is 48.2. The molecule has 3 N–H and O–H groups in total. The van der Waals surface area contributed by atoms with Gasteiger partial charge in [0.25, 0.3) is 0 Å². The summed E-state index contributed by atoms with van der Waals surface area (Å²) in [7, 11) is 1.20. The predicted octanol–water partition coefficient (Wildman–Crippen LogP) is 1.53. The number of ketones is 1. The van der Waals surface area contributed by atoms with Gasteiger partial charge in [0.1, 0.15) is 5.60 Å². The zero-order valence-electron chi connectivity index (χ0n) is 16.7. The van der Waals surface area contributed by atoms with Gasteiger partial charge in [0.2, 0.25) is 0 Å². The van der Waals surface area contributed by atoms with Crippen LogP contribution in [0.15, 0.2) is 23.8 Å². The van der Waals surface area contributed by atoms with Crippen molar-refractivity contribution in [1.82, 2.24) is 0 Å². The molecule has 0 saturated heterocycles. The monoisotopic (exact) mass is 390 g/mol. The topological polar surface area (TPSA) is 104 Å². The number of esters is 1. The van der Waals surface area contributed by atoms with E-state index in [9.17, 15) is 24.9 Å². The number of fused-ring (bicyclic) bond motifs is 5. The smallest absolute Gasteiger partial charge is 0.337 e. The van der Waals surface area contributed by atoms with E-state index in [0.717, 1.165) is 18.4 Å². The molecule has 6 heteroatoms. The summed E-state index contributed by atoms with van der Waals surface area (Å²) in [5.41, 5.74) is -1.70. The first-order chi connectivity index (χ1) is 13.1. The summed E-state index contributed by atoms with van der Waals surface area (Å²) in [5.74, 6) is -0.664. The van der Waals surface area contributed by atoms with Crippen LogP contribution in [-0.2, 0) is 14.3 Å². The van der Waals surface area contributed by atoms with Gasteiger partial charge in [-0.25, -0.2) is 4.79 Å². The fourth-order valence-corrected chi connectivity index (χ4v) is 7.12. The van der Waals surface area contributed by atoms with Gasteiger partial charge in [0.15, 0.2) is 11.9 Å². The number of carbonyl (C=O) groups excluding carboxylic acids is 2. The van der Waals surface area contributed by atoms with Crippen molar-refractivity contribution < 1.29 is 29.6 Å². The van der Waals surface area contributed by atoms with Gasteiger partial charge in [-0.3, -0.25) is 4.79 Å². The van der Waals surface area contributed by atoms with E-state index in [1.165, 1.54) is 7.11 Å². The van der Waals surface area contributed by atoms with Crippen LogP contribution in [0.4, 0.5) is 0 Å². The second kappa shape index (κ2) is 6.25. The molecule has 0 aliphatic heterocycles. The first-order valence-corrected chi connectivity index (χ1v) is 10.2. The fraction of sp³-hybridized carbons (Fsp3) is 0.727. The minimum absolute atomic E-state index is 0.00231. The molecule has 0 spiro atoms. The number of aliphatic hydroxyl groups is 3. The minimum atomic E-state index is -1.63. The number of hydrogen-bond acceptors (Lipinski definition) is 6. The maximum Gasteiger partial charge on any atom is 0.337 e. The molecule has 154 valence electrons. The van der Waals surface area contributed by atoms with Crippen LogP contribution in [0.1, 0.15) is 46.0 Å². The van der Waals surface area contributed by atoms with E-state index >= 15 is 0 Å². The van der Waals surface area contributed by atoms with Crippen molar-refractivity contribution in [3.8, 4) is 0 Å². The van der Waals surface area contributed by atoms with Crippen molar-refractivity contribution in [3.63, 3.8) is 0 Å². The van der Waals surface area contributed by atoms with Crippen LogP contribution in [-0.4, -0.2) is 52.0 Å². The largest absolute Gasteiger partial charge is 0.467 e. The Kier molecular flexibility index (Phi) is 4.42. The Morgan fingerprint density at radius 1 is 1.32 bits per heavy atom. The zero-order chi connectivity index (χ0) is 20.5. The van der Waals surface area contributed by atoms with E-state index < -0.39 is 29.2 Å². The Hall–Kier alpha value is -1.50. The number of allylic oxidation sites excluding steroid dienone is 4. The van der Waals surface area contributed by atoms with Gasteiger partial charge in [-0.1, -0.05) is 25.5 Å². The predicted molar refractivity (Wildman–Crippen MR) is 101 cm³/mol. The molecule has 3 saturated carbocycles. The van der Waals surface area contributed by atoms with Crippen LogP contribution >= 0.6 is 0 Å². The summed E-state index contributed by atoms with van der Waals surface area (Å²) in [4.78, 5) is 23.9. The van der Waals surface area contributed by atoms with Crippen molar-refractivity contribution in [2.24, 2.45) is 28.6 Å². The lowest BCUT2D eigenvalue weighted by Gasteiger charge is -2.60. The van der Waals surface area contributed by atoms with Crippen molar-refractivity contribution in [2.75, 3.05) is 7.11 Å².